The molecule has 0 fully saturated rings. The number of aromatic nitrogens is 4. The minimum Gasteiger partial charge on any atom is -0.307 e. The third-order valence-electron chi connectivity index (χ3n) is 3.20. The molecule has 23 heavy (non-hydrogen) atoms. The molecule has 118 valence electrons. The average Bonchev–Trinajstić information content (AvgIpc) is 2.98. The van der Waals surface area contributed by atoms with Gasteiger partial charge in [-0.1, -0.05) is 18.2 Å². The molecule has 3 rings (SSSR count). The SMILES string of the molecule is O=c1c(C(F)(F)F)cccn1Cc1ncn(-c2ccccc2)n1. The highest BCUT2D eigenvalue weighted by Gasteiger charge is 2.34. The van der Waals surface area contributed by atoms with Crippen molar-refractivity contribution in [3.05, 3.63) is 76.7 Å². The Balaban J connectivity index is 1.89. The van der Waals surface area contributed by atoms with Crippen LogP contribution in [0.15, 0.2) is 59.8 Å². The standard InChI is InChI=1S/C15H11F3N4O/c16-15(17,18)12-7-4-8-21(14(12)23)9-13-19-10-22(20-13)11-5-2-1-3-6-11/h1-8,10H,9H2. The highest BCUT2D eigenvalue weighted by molar-refractivity contribution is 5.29. The van der Waals surface area contributed by atoms with Crippen molar-refractivity contribution in [2.24, 2.45) is 0 Å². The number of rotatable bonds is 3. The fourth-order valence-electron chi connectivity index (χ4n) is 2.10. The maximum absolute atomic E-state index is 12.7. The summed E-state index contributed by atoms with van der Waals surface area (Å²) in [6.07, 6.45) is -1.96. The second-order valence-electron chi connectivity index (χ2n) is 4.79. The van der Waals surface area contributed by atoms with Gasteiger partial charge in [-0.3, -0.25) is 4.79 Å². The Bertz CT molecular complexity index is 868. The van der Waals surface area contributed by atoms with Crippen molar-refractivity contribution in [3.63, 3.8) is 0 Å². The molecular weight excluding hydrogens is 309 g/mol. The molecule has 0 spiro atoms. The molecule has 0 radical (unpaired) electrons. The molecule has 5 nitrogen and oxygen atoms in total. The van der Waals surface area contributed by atoms with Crippen LogP contribution in [-0.4, -0.2) is 19.3 Å². The first-order valence-electron chi connectivity index (χ1n) is 6.68. The van der Waals surface area contributed by atoms with Crippen molar-refractivity contribution in [1.82, 2.24) is 19.3 Å². The average molecular weight is 320 g/mol. The van der Waals surface area contributed by atoms with Crippen LogP contribution in [0.1, 0.15) is 11.4 Å². The van der Waals surface area contributed by atoms with E-state index in [2.05, 4.69) is 10.1 Å². The molecular formula is C15H11F3N4O. The van der Waals surface area contributed by atoms with E-state index < -0.39 is 17.3 Å². The van der Waals surface area contributed by atoms with Gasteiger partial charge in [0, 0.05) is 6.20 Å². The molecule has 0 N–H and O–H groups in total. The number of hydrogen-bond donors (Lipinski definition) is 0. The monoisotopic (exact) mass is 320 g/mol. The van der Waals surface area contributed by atoms with Crippen molar-refractivity contribution < 1.29 is 13.2 Å². The lowest BCUT2D eigenvalue weighted by Gasteiger charge is -2.08. The second-order valence-corrected chi connectivity index (χ2v) is 4.79. The van der Waals surface area contributed by atoms with Crippen LogP contribution in [0.4, 0.5) is 13.2 Å². The zero-order chi connectivity index (χ0) is 16.4. The van der Waals surface area contributed by atoms with Crippen LogP contribution in [0.2, 0.25) is 0 Å². The van der Waals surface area contributed by atoms with E-state index in [-0.39, 0.29) is 12.4 Å². The van der Waals surface area contributed by atoms with Gasteiger partial charge in [-0.25, -0.2) is 9.67 Å². The Hall–Kier alpha value is -2.90. The van der Waals surface area contributed by atoms with Crippen LogP contribution in [0, 0.1) is 0 Å². The maximum atomic E-state index is 12.7. The number of nitrogens with zero attached hydrogens (tertiary/aromatic N) is 4. The molecule has 1 aromatic carbocycles. The predicted molar refractivity (Wildman–Crippen MR) is 76.2 cm³/mol. The summed E-state index contributed by atoms with van der Waals surface area (Å²) in [5.41, 5.74) is -1.55. The fourth-order valence-corrected chi connectivity index (χ4v) is 2.10. The summed E-state index contributed by atoms with van der Waals surface area (Å²) in [6, 6.07) is 11.1. The number of halogens is 3. The van der Waals surface area contributed by atoms with Gasteiger partial charge < -0.3 is 4.57 Å². The summed E-state index contributed by atoms with van der Waals surface area (Å²) in [4.78, 5) is 15.9. The van der Waals surface area contributed by atoms with Gasteiger partial charge >= 0.3 is 6.18 Å². The van der Waals surface area contributed by atoms with E-state index in [0.29, 0.717) is 0 Å². The van der Waals surface area contributed by atoms with Gasteiger partial charge in [-0.15, -0.1) is 5.10 Å². The molecule has 0 atom stereocenters. The third kappa shape index (κ3) is 3.15. The largest absolute Gasteiger partial charge is 0.421 e. The Morgan fingerprint density at radius 2 is 1.78 bits per heavy atom. The molecule has 2 aromatic heterocycles. The molecule has 0 amide bonds. The van der Waals surface area contributed by atoms with Gasteiger partial charge in [0.2, 0.25) is 0 Å². The number of benzene rings is 1. The summed E-state index contributed by atoms with van der Waals surface area (Å²) in [5.74, 6) is 0.246. The summed E-state index contributed by atoms with van der Waals surface area (Å²) in [6.45, 7) is -0.136. The number of pyridine rings is 1. The summed E-state index contributed by atoms with van der Waals surface area (Å²) >= 11 is 0. The van der Waals surface area contributed by atoms with Gasteiger partial charge in [0.25, 0.3) is 5.56 Å². The van der Waals surface area contributed by atoms with E-state index in [4.69, 9.17) is 0 Å². The first-order chi connectivity index (χ1) is 10.9. The van der Waals surface area contributed by atoms with Crippen LogP contribution in [0.5, 0.6) is 0 Å². The molecule has 8 heteroatoms. The Morgan fingerprint density at radius 3 is 2.48 bits per heavy atom. The first-order valence-corrected chi connectivity index (χ1v) is 6.68. The van der Waals surface area contributed by atoms with Gasteiger partial charge in [0.05, 0.1) is 12.2 Å². The Morgan fingerprint density at radius 1 is 1.04 bits per heavy atom. The van der Waals surface area contributed by atoms with Gasteiger partial charge in [-0.05, 0) is 24.3 Å². The molecule has 3 aromatic rings. The fraction of sp³-hybridized carbons (Fsp3) is 0.133. The molecule has 0 saturated carbocycles. The Labute approximate surface area is 128 Å². The van der Waals surface area contributed by atoms with E-state index in [0.717, 1.165) is 16.3 Å². The molecule has 0 bridgehead atoms. The van der Waals surface area contributed by atoms with Gasteiger partial charge in [0.1, 0.15) is 11.9 Å². The van der Waals surface area contributed by atoms with E-state index in [1.807, 2.05) is 30.3 Å². The van der Waals surface area contributed by atoms with Crippen LogP contribution in [0.25, 0.3) is 5.69 Å². The zero-order valence-corrected chi connectivity index (χ0v) is 11.7. The normalized spacial score (nSPS) is 11.6. The minimum absolute atomic E-state index is 0.136. The van der Waals surface area contributed by atoms with Crippen molar-refractivity contribution in [3.8, 4) is 5.69 Å². The number of alkyl halides is 3. The van der Waals surface area contributed by atoms with Crippen molar-refractivity contribution >= 4 is 0 Å². The van der Waals surface area contributed by atoms with Crippen molar-refractivity contribution in [1.29, 1.82) is 0 Å². The number of para-hydroxylation sites is 1. The molecule has 0 aliphatic rings. The third-order valence-corrected chi connectivity index (χ3v) is 3.20. The first kappa shape index (κ1) is 15.0. The molecule has 2 heterocycles. The van der Waals surface area contributed by atoms with Crippen LogP contribution < -0.4 is 5.56 Å². The Kier molecular flexibility index (Phi) is 3.73. The highest BCUT2D eigenvalue weighted by atomic mass is 19.4. The second kappa shape index (κ2) is 5.71. The molecule has 0 saturated heterocycles. The van der Waals surface area contributed by atoms with Crippen LogP contribution >= 0.6 is 0 Å². The molecule has 0 unspecified atom stereocenters. The topological polar surface area (TPSA) is 52.7 Å². The molecule has 0 aliphatic carbocycles. The summed E-state index contributed by atoms with van der Waals surface area (Å²) in [7, 11) is 0. The summed E-state index contributed by atoms with van der Waals surface area (Å²) in [5, 5.41) is 4.17. The van der Waals surface area contributed by atoms with Gasteiger partial charge in [-0.2, -0.15) is 13.2 Å². The number of hydrogen-bond acceptors (Lipinski definition) is 3. The van der Waals surface area contributed by atoms with E-state index in [1.165, 1.54) is 23.3 Å². The highest BCUT2D eigenvalue weighted by Crippen LogP contribution is 2.26. The van der Waals surface area contributed by atoms with E-state index in [9.17, 15) is 18.0 Å². The lowest BCUT2D eigenvalue weighted by Crippen LogP contribution is -2.28. The lowest BCUT2D eigenvalue weighted by molar-refractivity contribution is -0.138. The maximum Gasteiger partial charge on any atom is 0.421 e. The van der Waals surface area contributed by atoms with Crippen molar-refractivity contribution in [2.45, 2.75) is 12.7 Å². The van der Waals surface area contributed by atoms with E-state index in [1.54, 1.807) is 0 Å². The minimum atomic E-state index is -4.68. The van der Waals surface area contributed by atoms with Gasteiger partial charge in [0.15, 0.2) is 5.82 Å². The van der Waals surface area contributed by atoms with Crippen molar-refractivity contribution in [2.75, 3.05) is 0 Å². The quantitative estimate of drug-likeness (QED) is 0.745. The summed E-state index contributed by atoms with van der Waals surface area (Å²) < 4.78 is 40.7. The smallest absolute Gasteiger partial charge is 0.307 e. The zero-order valence-electron chi connectivity index (χ0n) is 11.7. The van der Waals surface area contributed by atoms with Crippen LogP contribution in [-0.2, 0) is 12.7 Å². The molecule has 0 aliphatic heterocycles. The van der Waals surface area contributed by atoms with Crippen LogP contribution in [0.3, 0.4) is 0 Å². The predicted octanol–water partition coefficient (Wildman–Crippen LogP) is 2.50. The van der Waals surface area contributed by atoms with E-state index >= 15 is 0 Å². The lowest BCUT2D eigenvalue weighted by atomic mass is 10.2.